The maximum absolute atomic E-state index is 12.2. The fourth-order valence-electron chi connectivity index (χ4n) is 2.69. The van der Waals surface area contributed by atoms with Crippen LogP contribution in [0.4, 0.5) is 0 Å². The van der Waals surface area contributed by atoms with Crippen LogP contribution in [-0.4, -0.2) is 38.4 Å². The Hall–Kier alpha value is -1.08. The minimum atomic E-state index is -0.437. The average molecular weight is 312 g/mol. The van der Waals surface area contributed by atoms with Crippen molar-refractivity contribution in [1.82, 2.24) is 9.88 Å². The van der Waals surface area contributed by atoms with Gasteiger partial charge in [0.15, 0.2) is 0 Å². The summed E-state index contributed by atoms with van der Waals surface area (Å²) in [7, 11) is 0. The highest BCUT2D eigenvalue weighted by atomic mass is 32.2. The molecule has 1 aromatic rings. The number of carbonyl (C=O) groups excluding carboxylic acids is 2. The van der Waals surface area contributed by atoms with Crippen LogP contribution in [-0.2, 0) is 20.9 Å². The third-order valence-corrected chi connectivity index (χ3v) is 6.32. The predicted molar refractivity (Wildman–Crippen MR) is 77.4 cm³/mol. The van der Waals surface area contributed by atoms with Crippen molar-refractivity contribution in [3.8, 4) is 0 Å². The van der Waals surface area contributed by atoms with Gasteiger partial charge in [0.2, 0.25) is 5.91 Å². The van der Waals surface area contributed by atoms with Crippen molar-refractivity contribution in [1.29, 1.82) is 0 Å². The zero-order chi connectivity index (χ0) is 14.3. The van der Waals surface area contributed by atoms with E-state index in [-0.39, 0.29) is 23.4 Å². The number of aromatic nitrogens is 1. The number of amides is 1. The van der Waals surface area contributed by atoms with Crippen molar-refractivity contribution < 1.29 is 14.3 Å². The molecule has 3 heterocycles. The minimum absolute atomic E-state index is 0.0634. The molecule has 0 aromatic carbocycles. The van der Waals surface area contributed by atoms with Gasteiger partial charge in [0, 0.05) is 12.2 Å². The fourth-order valence-corrected chi connectivity index (χ4v) is 4.80. The number of aryl methyl sites for hydroxylation is 1. The van der Waals surface area contributed by atoms with Crippen molar-refractivity contribution in [2.75, 3.05) is 5.75 Å². The van der Waals surface area contributed by atoms with E-state index in [1.54, 1.807) is 22.2 Å². The smallest absolute Gasteiger partial charge is 0.330 e. The molecular formula is C13H16N2O3S2. The van der Waals surface area contributed by atoms with Gasteiger partial charge in [-0.05, 0) is 20.3 Å². The lowest BCUT2D eigenvalue weighted by Crippen LogP contribution is -2.46. The molecule has 108 valence electrons. The van der Waals surface area contributed by atoms with Gasteiger partial charge in [-0.3, -0.25) is 4.79 Å². The lowest BCUT2D eigenvalue weighted by Gasteiger charge is -2.29. The first kappa shape index (κ1) is 13.9. The Labute approximate surface area is 125 Å². The highest BCUT2D eigenvalue weighted by Gasteiger charge is 2.53. The van der Waals surface area contributed by atoms with E-state index in [0.717, 1.165) is 17.0 Å². The van der Waals surface area contributed by atoms with Crippen LogP contribution in [0, 0.1) is 6.92 Å². The zero-order valence-electron chi connectivity index (χ0n) is 11.4. The molecular weight excluding hydrogens is 296 g/mol. The number of fused-ring (bicyclic) bond motifs is 1. The number of thioether (sulfide) groups is 1. The van der Waals surface area contributed by atoms with Crippen LogP contribution in [0.3, 0.4) is 0 Å². The molecule has 0 unspecified atom stereocenters. The van der Waals surface area contributed by atoms with Crippen molar-refractivity contribution in [3.05, 3.63) is 16.1 Å². The number of thiazole rings is 1. The van der Waals surface area contributed by atoms with Crippen molar-refractivity contribution in [2.24, 2.45) is 0 Å². The molecule has 2 saturated heterocycles. The molecule has 0 spiro atoms. The largest absolute Gasteiger partial charge is 0.458 e. The van der Waals surface area contributed by atoms with E-state index in [1.165, 1.54) is 11.3 Å². The SMILES string of the molecule is Cc1ncsc1COC(=O)[C@@H]1CS[C@@]2(C)CCC(=O)N12. The van der Waals surface area contributed by atoms with Crippen molar-refractivity contribution >= 4 is 35.0 Å². The minimum Gasteiger partial charge on any atom is -0.458 e. The van der Waals surface area contributed by atoms with E-state index in [0.29, 0.717) is 12.2 Å². The Bertz CT molecular complexity index is 560. The Kier molecular flexibility index (Phi) is 3.50. The Morgan fingerprint density at radius 1 is 1.65 bits per heavy atom. The van der Waals surface area contributed by atoms with Crippen LogP contribution in [0.15, 0.2) is 5.51 Å². The van der Waals surface area contributed by atoms with Gasteiger partial charge in [0.1, 0.15) is 12.6 Å². The standard InChI is InChI=1S/C13H16N2O3S2/c1-8-10(19-7-14-8)5-18-12(17)9-6-20-13(2)4-3-11(16)15(9)13/h7,9H,3-6H2,1-2H3/t9-,13-/m0/s1. The second kappa shape index (κ2) is 5.04. The van der Waals surface area contributed by atoms with E-state index in [1.807, 2.05) is 13.8 Å². The first-order valence-corrected chi connectivity index (χ1v) is 8.39. The number of carbonyl (C=O) groups is 2. The summed E-state index contributed by atoms with van der Waals surface area (Å²) in [5.74, 6) is 0.389. The highest BCUT2D eigenvalue weighted by Crippen LogP contribution is 2.47. The van der Waals surface area contributed by atoms with Crippen LogP contribution in [0.25, 0.3) is 0 Å². The molecule has 5 nitrogen and oxygen atoms in total. The molecule has 2 atom stereocenters. The normalized spacial score (nSPS) is 28.8. The second-order valence-corrected chi connectivity index (χ2v) is 7.68. The molecule has 2 fully saturated rings. The fraction of sp³-hybridized carbons (Fsp3) is 0.615. The lowest BCUT2D eigenvalue weighted by molar-refractivity contribution is -0.154. The quantitative estimate of drug-likeness (QED) is 0.798. The van der Waals surface area contributed by atoms with Crippen LogP contribution in [0.5, 0.6) is 0 Å². The first-order chi connectivity index (χ1) is 9.51. The van der Waals surface area contributed by atoms with E-state index in [4.69, 9.17) is 4.74 Å². The molecule has 1 aromatic heterocycles. The Morgan fingerprint density at radius 2 is 2.45 bits per heavy atom. The van der Waals surface area contributed by atoms with E-state index >= 15 is 0 Å². The summed E-state index contributed by atoms with van der Waals surface area (Å²) in [6, 6.07) is -0.437. The summed E-state index contributed by atoms with van der Waals surface area (Å²) in [6.07, 6.45) is 1.34. The van der Waals surface area contributed by atoms with Gasteiger partial charge >= 0.3 is 5.97 Å². The molecule has 3 rings (SSSR count). The molecule has 1 amide bonds. The van der Waals surface area contributed by atoms with Crippen LogP contribution in [0.2, 0.25) is 0 Å². The summed E-state index contributed by atoms with van der Waals surface area (Å²) in [6.45, 7) is 4.17. The molecule has 0 bridgehead atoms. The maximum atomic E-state index is 12.2. The van der Waals surface area contributed by atoms with Crippen LogP contribution < -0.4 is 0 Å². The first-order valence-electron chi connectivity index (χ1n) is 6.53. The van der Waals surface area contributed by atoms with E-state index in [2.05, 4.69) is 4.98 Å². The molecule has 0 saturated carbocycles. The topological polar surface area (TPSA) is 59.5 Å². The summed E-state index contributed by atoms with van der Waals surface area (Å²) in [5.41, 5.74) is 2.64. The Morgan fingerprint density at radius 3 is 3.15 bits per heavy atom. The number of nitrogens with zero attached hydrogens (tertiary/aromatic N) is 2. The number of rotatable bonds is 3. The van der Waals surface area contributed by atoms with Gasteiger partial charge in [0.05, 0.1) is 21.0 Å². The van der Waals surface area contributed by atoms with Crippen LogP contribution in [0.1, 0.15) is 30.3 Å². The van der Waals surface area contributed by atoms with Gasteiger partial charge in [-0.1, -0.05) is 0 Å². The Balaban J connectivity index is 1.66. The number of ether oxygens (including phenoxy) is 1. The van der Waals surface area contributed by atoms with Gasteiger partial charge in [-0.2, -0.15) is 0 Å². The summed E-state index contributed by atoms with van der Waals surface area (Å²) < 4.78 is 5.38. The maximum Gasteiger partial charge on any atom is 0.330 e. The van der Waals surface area contributed by atoms with Gasteiger partial charge in [-0.25, -0.2) is 9.78 Å². The molecule has 20 heavy (non-hydrogen) atoms. The van der Waals surface area contributed by atoms with Gasteiger partial charge < -0.3 is 9.64 Å². The summed E-state index contributed by atoms with van der Waals surface area (Å²) >= 11 is 3.16. The van der Waals surface area contributed by atoms with Crippen molar-refractivity contribution in [2.45, 2.75) is 44.2 Å². The number of hydrogen-bond acceptors (Lipinski definition) is 6. The molecule has 7 heteroatoms. The summed E-state index contributed by atoms with van der Waals surface area (Å²) in [5, 5.41) is 0. The monoisotopic (exact) mass is 312 g/mol. The number of esters is 1. The predicted octanol–water partition coefficient (Wildman–Crippen LogP) is 1.95. The van der Waals surface area contributed by atoms with Gasteiger partial charge in [0.25, 0.3) is 0 Å². The molecule has 0 radical (unpaired) electrons. The third-order valence-electron chi connectivity index (χ3n) is 3.91. The molecule has 0 N–H and O–H groups in total. The van der Waals surface area contributed by atoms with Gasteiger partial charge in [-0.15, -0.1) is 23.1 Å². The van der Waals surface area contributed by atoms with E-state index in [9.17, 15) is 9.59 Å². The zero-order valence-corrected chi connectivity index (χ0v) is 13.1. The van der Waals surface area contributed by atoms with Crippen molar-refractivity contribution in [3.63, 3.8) is 0 Å². The molecule has 2 aliphatic heterocycles. The average Bonchev–Trinajstić information content (AvgIpc) is 3.04. The third kappa shape index (κ3) is 2.22. The molecule has 2 aliphatic rings. The lowest BCUT2D eigenvalue weighted by atomic mass is 10.2. The van der Waals surface area contributed by atoms with E-state index < -0.39 is 6.04 Å². The number of hydrogen-bond donors (Lipinski definition) is 0. The van der Waals surface area contributed by atoms with Crippen LogP contribution >= 0.6 is 23.1 Å². The highest BCUT2D eigenvalue weighted by molar-refractivity contribution is 8.01. The molecule has 0 aliphatic carbocycles. The summed E-state index contributed by atoms with van der Waals surface area (Å²) in [4.78, 5) is 30.8. The second-order valence-electron chi connectivity index (χ2n) is 5.23.